The first-order chi connectivity index (χ1) is 12.5. The van der Waals surface area contributed by atoms with Crippen molar-refractivity contribution >= 4 is 16.8 Å². The Balaban J connectivity index is 1.59. The van der Waals surface area contributed by atoms with Crippen molar-refractivity contribution < 1.29 is 9.18 Å². The highest BCUT2D eigenvalue weighted by Gasteiger charge is 2.19. The SMILES string of the molecule is CC(CCNC(=O)c1c[nH]c2c(F)cccc2c1=O)N1CCN(C)CC1. The monoisotopic (exact) mass is 360 g/mol. The Morgan fingerprint density at radius 1 is 1.31 bits per heavy atom. The van der Waals surface area contributed by atoms with Gasteiger partial charge in [-0.05, 0) is 32.5 Å². The van der Waals surface area contributed by atoms with Crippen molar-refractivity contribution in [2.24, 2.45) is 0 Å². The lowest BCUT2D eigenvalue weighted by molar-refractivity contribution is 0.0934. The molecule has 3 rings (SSSR count). The molecule has 0 radical (unpaired) electrons. The van der Waals surface area contributed by atoms with Crippen molar-refractivity contribution in [1.82, 2.24) is 20.1 Å². The van der Waals surface area contributed by atoms with E-state index in [9.17, 15) is 14.0 Å². The lowest BCUT2D eigenvalue weighted by Gasteiger charge is -2.36. The molecule has 1 atom stereocenters. The van der Waals surface area contributed by atoms with E-state index < -0.39 is 17.2 Å². The molecule has 0 spiro atoms. The number of aromatic amines is 1. The molecule has 1 unspecified atom stereocenters. The highest BCUT2D eigenvalue weighted by molar-refractivity contribution is 5.97. The Kier molecular flexibility index (Phi) is 5.68. The van der Waals surface area contributed by atoms with Crippen molar-refractivity contribution in [2.45, 2.75) is 19.4 Å². The standard InChI is InChI=1S/C19H25FN4O2/c1-13(24-10-8-23(2)9-11-24)6-7-21-19(26)15-12-22-17-14(18(15)25)4-3-5-16(17)20/h3-5,12-13H,6-11H2,1-2H3,(H,21,26)(H,22,25). The molecule has 1 aromatic carbocycles. The molecule has 0 saturated carbocycles. The first-order valence-corrected chi connectivity index (χ1v) is 8.98. The molecule has 2 N–H and O–H groups in total. The summed E-state index contributed by atoms with van der Waals surface area (Å²) < 4.78 is 13.7. The molecule has 7 heteroatoms. The zero-order valence-electron chi connectivity index (χ0n) is 15.2. The topological polar surface area (TPSA) is 68.4 Å². The van der Waals surface area contributed by atoms with Gasteiger partial charge in [-0.15, -0.1) is 0 Å². The quantitative estimate of drug-likeness (QED) is 0.846. The van der Waals surface area contributed by atoms with Gasteiger partial charge < -0.3 is 15.2 Å². The fourth-order valence-electron chi connectivity index (χ4n) is 3.32. The second kappa shape index (κ2) is 7.97. The number of hydrogen-bond donors (Lipinski definition) is 2. The number of aromatic nitrogens is 1. The summed E-state index contributed by atoms with van der Waals surface area (Å²) in [6.07, 6.45) is 2.10. The van der Waals surface area contributed by atoms with Crippen molar-refractivity contribution in [3.05, 3.63) is 46.0 Å². The Morgan fingerprint density at radius 2 is 2.04 bits per heavy atom. The first-order valence-electron chi connectivity index (χ1n) is 8.98. The number of pyridine rings is 1. The third-order valence-electron chi connectivity index (χ3n) is 5.12. The van der Waals surface area contributed by atoms with Crippen LogP contribution in [0.5, 0.6) is 0 Å². The average Bonchev–Trinajstić information content (AvgIpc) is 2.63. The fraction of sp³-hybridized carbons (Fsp3) is 0.474. The maximum absolute atomic E-state index is 13.7. The molecule has 6 nitrogen and oxygen atoms in total. The van der Waals surface area contributed by atoms with Crippen LogP contribution in [0.2, 0.25) is 0 Å². The van der Waals surface area contributed by atoms with E-state index in [1.165, 1.54) is 24.4 Å². The Hall–Kier alpha value is -2.25. The molecule has 0 aliphatic carbocycles. The van der Waals surface area contributed by atoms with Gasteiger partial charge in [0.25, 0.3) is 5.91 Å². The summed E-state index contributed by atoms with van der Waals surface area (Å²) in [7, 11) is 2.12. The molecule has 1 fully saturated rings. The van der Waals surface area contributed by atoms with Crippen LogP contribution in [0.25, 0.3) is 10.9 Å². The van der Waals surface area contributed by atoms with Gasteiger partial charge in [0.1, 0.15) is 11.4 Å². The summed E-state index contributed by atoms with van der Waals surface area (Å²) in [5, 5.41) is 2.99. The second-order valence-electron chi connectivity index (χ2n) is 6.93. The average molecular weight is 360 g/mol. The number of H-pyrrole nitrogens is 1. The third-order valence-corrected chi connectivity index (χ3v) is 5.12. The number of halogens is 1. The van der Waals surface area contributed by atoms with E-state index in [1.807, 2.05) is 0 Å². The van der Waals surface area contributed by atoms with Crippen LogP contribution < -0.4 is 10.7 Å². The van der Waals surface area contributed by atoms with E-state index in [1.54, 1.807) is 0 Å². The maximum Gasteiger partial charge on any atom is 0.256 e. The van der Waals surface area contributed by atoms with Crippen LogP contribution in [-0.2, 0) is 0 Å². The number of nitrogens with one attached hydrogen (secondary N) is 2. The fourth-order valence-corrected chi connectivity index (χ4v) is 3.32. The van der Waals surface area contributed by atoms with E-state index in [4.69, 9.17) is 0 Å². The van der Waals surface area contributed by atoms with Gasteiger partial charge in [0.2, 0.25) is 5.43 Å². The number of likely N-dealkylation sites (N-methyl/N-ethyl adjacent to an activating group) is 1. The van der Waals surface area contributed by atoms with E-state index in [-0.39, 0.29) is 16.5 Å². The molecule has 1 aliphatic heterocycles. The first kappa shape index (κ1) is 18.5. The van der Waals surface area contributed by atoms with Gasteiger partial charge in [0.05, 0.1) is 5.52 Å². The van der Waals surface area contributed by atoms with Crippen LogP contribution in [0.4, 0.5) is 4.39 Å². The summed E-state index contributed by atoms with van der Waals surface area (Å²) >= 11 is 0. The molecule has 2 heterocycles. The Labute approximate surface area is 152 Å². The van der Waals surface area contributed by atoms with Crippen LogP contribution in [0, 0.1) is 5.82 Å². The largest absolute Gasteiger partial charge is 0.358 e. The van der Waals surface area contributed by atoms with Gasteiger partial charge in [0.15, 0.2) is 0 Å². The smallest absolute Gasteiger partial charge is 0.256 e. The third kappa shape index (κ3) is 3.94. The minimum absolute atomic E-state index is 0.00958. The number of carbonyl (C=O) groups excluding carboxylic acids is 1. The summed E-state index contributed by atoms with van der Waals surface area (Å²) in [4.78, 5) is 32.2. The Morgan fingerprint density at radius 3 is 2.77 bits per heavy atom. The van der Waals surface area contributed by atoms with Crippen molar-refractivity contribution in [3.8, 4) is 0 Å². The highest BCUT2D eigenvalue weighted by Crippen LogP contribution is 2.12. The minimum atomic E-state index is -0.507. The number of fused-ring (bicyclic) bond motifs is 1. The normalized spacial score (nSPS) is 17.3. The van der Waals surface area contributed by atoms with Gasteiger partial charge in [-0.1, -0.05) is 6.07 Å². The number of hydrogen-bond acceptors (Lipinski definition) is 4. The van der Waals surface area contributed by atoms with Gasteiger partial charge >= 0.3 is 0 Å². The number of piperazine rings is 1. The number of para-hydroxylation sites is 1. The number of benzene rings is 1. The zero-order chi connectivity index (χ0) is 18.7. The summed E-state index contributed by atoms with van der Waals surface area (Å²) in [6.45, 7) is 6.82. The van der Waals surface area contributed by atoms with Crippen LogP contribution in [-0.4, -0.2) is 66.5 Å². The van der Waals surface area contributed by atoms with E-state index in [0.29, 0.717) is 12.6 Å². The van der Waals surface area contributed by atoms with E-state index >= 15 is 0 Å². The number of nitrogens with zero attached hydrogens (tertiary/aromatic N) is 2. The predicted molar refractivity (Wildman–Crippen MR) is 100 cm³/mol. The van der Waals surface area contributed by atoms with E-state index in [2.05, 4.69) is 34.1 Å². The summed E-state index contributed by atoms with van der Waals surface area (Å²) in [5.74, 6) is -0.935. The van der Waals surface area contributed by atoms with Gasteiger partial charge in [0, 0.05) is 50.3 Å². The molecule has 0 bridgehead atoms. The molecule has 1 saturated heterocycles. The molecule has 1 amide bonds. The molecule has 140 valence electrons. The van der Waals surface area contributed by atoms with Crippen LogP contribution in [0.15, 0.2) is 29.2 Å². The lowest BCUT2D eigenvalue weighted by atomic mass is 10.1. The van der Waals surface area contributed by atoms with Crippen LogP contribution >= 0.6 is 0 Å². The van der Waals surface area contributed by atoms with Gasteiger partial charge in [-0.2, -0.15) is 0 Å². The van der Waals surface area contributed by atoms with Gasteiger partial charge in [-0.3, -0.25) is 14.5 Å². The molecular weight excluding hydrogens is 335 g/mol. The van der Waals surface area contributed by atoms with Crippen molar-refractivity contribution in [1.29, 1.82) is 0 Å². The summed E-state index contributed by atoms with van der Waals surface area (Å²) in [5.41, 5.74) is -0.323. The van der Waals surface area contributed by atoms with Gasteiger partial charge in [-0.25, -0.2) is 4.39 Å². The zero-order valence-corrected chi connectivity index (χ0v) is 15.2. The number of amides is 1. The molecule has 1 aromatic heterocycles. The summed E-state index contributed by atoms with van der Waals surface area (Å²) in [6, 6.07) is 4.63. The molecule has 2 aromatic rings. The van der Waals surface area contributed by atoms with Crippen LogP contribution in [0.1, 0.15) is 23.7 Å². The second-order valence-corrected chi connectivity index (χ2v) is 6.93. The number of rotatable bonds is 5. The Bertz CT molecular complexity index is 843. The molecule has 1 aliphatic rings. The molecule has 26 heavy (non-hydrogen) atoms. The number of carbonyl (C=O) groups is 1. The minimum Gasteiger partial charge on any atom is -0.358 e. The van der Waals surface area contributed by atoms with Crippen LogP contribution in [0.3, 0.4) is 0 Å². The molecular formula is C19H25FN4O2. The predicted octanol–water partition coefficient (Wildman–Crippen LogP) is 1.42. The van der Waals surface area contributed by atoms with Crippen molar-refractivity contribution in [3.63, 3.8) is 0 Å². The van der Waals surface area contributed by atoms with Crippen molar-refractivity contribution in [2.75, 3.05) is 39.8 Å². The highest BCUT2D eigenvalue weighted by atomic mass is 19.1. The maximum atomic E-state index is 13.7. The lowest BCUT2D eigenvalue weighted by Crippen LogP contribution is -2.48. The van der Waals surface area contributed by atoms with E-state index in [0.717, 1.165) is 32.6 Å².